The molecule has 0 bridgehead atoms. The van der Waals surface area contributed by atoms with Crippen LogP contribution in [0.1, 0.15) is 24.2 Å². The van der Waals surface area contributed by atoms with Crippen LogP contribution in [0.2, 0.25) is 5.02 Å². The molecule has 1 unspecified atom stereocenters. The molecule has 0 aliphatic rings. The smallest absolute Gasteiger partial charge is 0.253 e. The van der Waals surface area contributed by atoms with Gasteiger partial charge in [0, 0.05) is 6.54 Å². The summed E-state index contributed by atoms with van der Waals surface area (Å²) in [6.07, 6.45) is -0.602. The highest BCUT2D eigenvalue weighted by Crippen LogP contribution is 2.20. The van der Waals surface area contributed by atoms with Crippen molar-refractivity contribution in [3.8, 4) is 5.75 Å². The van der Waals surface area contributed by atoms with Crippen LogP contribution in [-0.2, 0) is 0 Å². The summed E-state index contributed by atoms with van der Waals surface area (Å²) < 4.78 is 0. The van der Waals surface area contributed by atoms with Crippen LogP contribution in [0.15, 0.2) is 18.2 Å². The lowest BCUT2D eigenvalue weighted by Crippen LogP contribution is -2.34. The molecule has 0 heterocycles. The quantitative estimate of drug-likeness (QED) is 0.770. The van der Waals surface area contributed by atoms with Crippen molar-refractivity contribution in [3.63, 3.8) is 0 Å². The maximum atomic E-state index is 11.7. The van der Waals surface area contributed by atoms with E-state index in [0.29, 0.717) is 0 Å². The number of carbonyl (C=O) groups is 1. The fourth-order valence-corrected chi connectivity index (χ4v) is 1.42. The molecule has 0 fully saturated rings. The molecule has 1 aromatic carbocycles. The van der Waals surface area contributed by atoms with Gasteiger partial charge in [0.25, 0.3) is 5.91 Å². The van der Waals surface area contributed by atoms with Crippen molar-refractivity contribution < 1.29 is 15.0 Å². The number of hydrogen-bond acceptors (Lipinski definition) is 3. The van der Waals surface area contributed by atoms with Crippen LogP contribution < -0.4 is 5.32 Å². The van der Waals surface area contributed by atoms with Crippen LogP contribution in [0.25, 0.3) is 0 Å². The van der Waals surface area contributed by atoms with E-state index in [1.165, 1.54) is 18.2 Å². The van der Waals surface area contributed by atoms with Gasteiger partial charge >= 0.3 is 0 Å². The van der Waals surface area contributed by atoms with Crippen molar-refractivity contribution >= 4 is 17.5 Å². The standard InChI is InChI=1S/C12H16ClNO3/c1-7(2)11(16)6-14-12(17)9-5-8(15)3-4-10(9)13/h3-5,7,11,15-16H,6H2,1-2H3,(H,14,17). The Labute approximate surface area is 105 Å². The van der Waals surface area contributed by atoms with Gasteiger partial charge < -0.3 is 15.5 Å². The Morgan fingerprint density at radius 3 is 2.71 bits per heavy atom. The second-order valence-electron chi connectivity index (χ2n) is 4.19. The van der Waals surface area contributed by atoms with E-state index in [1.54, 1.807) is 0 Å². The summed E-state index contributed by atoms with van der Waals surface area (Å²) in [4.78, 5) is 11.7. The minimum Gasteiger partial charge on any atom is -0.508 e. The lowest BCUT2D eigenvalue weighted by molar-refractivity contribution is 0.0871. The highest BCUT2D eigenvalue weighted by Gasteiger charge is 2.14. The number of aliphatic hydroxyl groups excluding tert-OH is 1. The molecule has 5 heteroatoms. The predicted octanol–water partition coefficient (Wildman–Crippen LogP) is 1.79. The Balaban J connectivity index is 2.67. The first kappa shape index (κ1) is 13.8. The number of benzene rings is 1. The van der Waals surface area contributed by atoms with Gasteiger partial charge in [0.15, 0.2) is 0 Å². The maximum Gasteiger partial charge on any atom is 0.253 e. The number of carbonyl (C=O) groups excluding carboxylic acids is 1. The third-order valence-corrected chi connectivity index (χ3v) is 2.77. The van der Waals surface area contributed by atoms with Crippen LogP contribution >= 0.6 is 11.6 Å². The summed E-state index contributed by atoms with van der Waals surface area (Å²) in [5.74, 6) is -0.371. The summed E-state index contributed by atoms with van der Waals surface area (Å²) in [6.45, 7) is 3.87. The lowest BCUT2D eigenvalue weighted by atomic mass is 10.1. The molecule has 17 heavy (non-hydrogen) atoms. The molecule has 0 aromatic heterocycles. The monoisotopic (exact) mass is 257 g/mol. The number of halogens is 1. The summed E-state index contributed by atoms with van der Waals surface area (Å²) in [6, 6.07) is 4.15. The number of hydrogen-bond donors (Lipinski definition) is 3. The number of phenols is 1. The SMILES string of the molecule is CC(C)C(O)CNC(=O)c1cc(O)ccc1Cl. The van der Waals surface area contributed by atoms with Crippen molar-refractivity contribution in [3.05, 3.63) is 28.8 Å². The van der Waals surface area contributed by atoms with Crippen LogP contribution in [-0.4, -0.2) is 28.8 Å². The molecule has 94 valence electrons. The van der Waals surface area contributed by atoms with Crippen LogP contribution in [0.5, 0.6) is 5.75 Å². The average Bonchev–Trinajstić information content (AvgIpc) is 2.28. The Kier molecular flexibility index (Phi) is 4.78. The minimum atomic E-state index is -0.602. The molecule has 3 N–H and O–H groups in total. The fraction of sp³-hybridized carbons (Fsp3) is 0.417. The van der Waals surface area contributed by atoms with Crippen molar-refractivity contribution in [1.82, 2.24) is 5.32 Å². The van der Waals surface area contributed by atoms with Gasteiger partial charge in [0.1, 0.15) is 5.75 Å². The van der Waals surface area contributed by atoms with E-state index >= 15 is 0 Å². The summed E-state index contributed by atoms with van der Waals surface area (Å²) in [5, 5.41) is 21.6. The zero-order valence-corrected chi connectivity index (χ0v) is 10.5. The molecule has 0 saturated carbocycles. The predicted molar refractivity (Wildman–Crippen MR) is 66.3 cm³/mol. The molecule has 1 aromatic rings. The zero-order valence-electron chi connectivity index (χ0n) is 9.77. The molecular weight excluding hydrogens is 242 g/mol. The molecule has 1 amide bonds. The van der Waals surface area contributed by atoms with E-state index in [0.717, 1.165) is 0 Å². The van der Waals surface area contributed by atoms with Gasteiger partial charge in [0.05, 0.1) is 16.7 Å². The van der Waals surface area contributed by atoms with Gasteiger partial charge in [-0.2, -0.15) is 0 Å². The molecule has 1 atom stereocenters. The van der Waals surface area contributed by atoms with Crippen LogP contribution in [0.4, 0.5) is 0 Å². The van der Waals surface area contributed by atoms with Gasteiger partial charge in [-0.25, -0.2) is 0 Å². The van der Waals surface area contributed by atoms with Crippen molar-refractivity contribution in [2.45, 2.75) is 20.0 Å². The number of aromatic hydroxyl groups is 1. The second kappa shape index (κ2) is 5.89. The normalized spacial score (nSPS) is 12.5. The van der Waals surface area contributed by atoms with E-state index in [1.807, 2.05) is 13.8 Å². The van der Waals surface area contributed by atoms with E-state index < -0.39 is 12.0 Å². The Morgan fingerprint density at radius 1 is 1.47 bits per heavy atom. The first-order valence-electron chi connectivity index (χ1n) is 5.36. The van der Waals surface area contributed by atoms with E-state index in [4.69, 9.17) is 11.6 Å². The van der Waals surface area contributed by atoms with Gasteiger partial charge in [-0.3, -0.25) is 4.79 Å². The Bertz CT molecular complexity index is 407. The van der Waals surface area contributed by atoms with Crippen molar-refractivity contribution in [2.24, 2.45) is 5.92 Å². The minimum absolute atomic E-state index is 0.0241. The molecular formula is C12H16ClNO3. The number of phenolic OH excluding ortho intramolecular Hbond substituents is 1. The molecule has 0 radical (unpaired) electrons. The van der Waals surface area contributed by atoms with Gasteiger partial charge in [-0.15, -0.1) is 0 Å². The van der Waals surface area contributed by atoms with Gasteiger partial charge in [-0.1, -0.05) is 25.4 Å². The highest BCUT2D eigenvalue weighted by molar-refractivity contribution is 6.33. The summed E-state index contributed by atoms with van der Waals surface area (Å²) in [5.41, 5.74) is 0.197. The third kappa shape index (κ3) is 3.91. The molecule has 1 rings (SSSR count). The average molecular weight is 258 g/mol. The molecule has 4 nitrogen and oxygen atoms in total. The maximum absolute atomic E-state index is 11.7. The van der Waals surface area contributed by atoms with Gasteiger partial charge in [0.2, 0.25) is 0 Å². The first-order valence-corrected chi connectivity index (χ1v) is 5.74. The van der Waals surface area contributed by atoms with E-state index in [2.05, 4.69) is 5.32 Å². The summed E-state index contributed by atoms with van der Waals surface area (Å²) in [7, 11) is 0. The first-order chi connectivity index (χ1) is 7.91. The zero-order chi connectivity index (χ0) is 13.0. The molecule has 0 aliphatic carbocycles. The largest absolute Gasteiger partial charge is 0.508 e. The van der Waals surface area contributed by atoms with Gasteiger partial charge in [-0.05, 0) is 24.1 Å². The van der Waals surface area contributed by atoms with Crippen LogP contribution in [0.3, 0.4) is 0 Å². The Hall–Kier alpha value is -1.26. The third-order valence-electron chi connectivity index (χ3n) is 2.44. The summed E-state index contributed by atoms with van der Waals surface area (Å²) >= 11 is 5.83. The number of rotatable bonds is 4. The van der Waals surface area contributed by atoms with Crippen LogP contribution in [0, 0.1) is 5.92 Å². The van der Waals surface area contributed by atoms with Crippen molar-refractivity contribution in [1.29, 1.82) is 0 Å². The molecule has 0 aliphatic heterocycles. The number of amides is 1. The number of aliphatic hydroxyl groups is 1. The highest BCUT2D eigenvalue weighted by atomic mass is 35.5. The molecule has 0 saturated heterocycles. The lowest BCUT2D eigenvalue weighted by Gasteiger charge is -2.15. The second-order valence-corrected chi connectivity index (χ2v) is 4.59. The Morgan fingerprint density at radius 2 is 2.12 bits per heavy atom. The number of nitrogens with one attached hydrogen (secondary N) is 1. The molecule has 0 spiro atoms. The topological polar surface area (TPSA) is 69.6 Å². The van der Waals surface area contributed by atoms with Crippen molar-refractivity contribution in [2.75, 3.05) is 6.54 Å². The van der Waals surface area contributed by atoms with E-state index in [9.17, 15) is 15.0 Å². The fourth-order valence-electron chi connectivity index (χ4n) is 1.22. The van der Waals surface area contributed by atoms with E-state index in [-0.39, 0.29) is 28.8 Å².